The summed E-state index contributed by atoms with van der Waals surface area (Å²) in [7, 11) is 3.61. The summed E-state index contributed by atoms with van der Waals surface area (Å²) in [5, 5.41) is 0. The lowest BCUT2D eigenvalue weighted by atomic mass is 10.2. The van der Waals surface area contributed by atoms with Crippen LogP contribution in [0.15, 0.2) is 0 Å². The minimum Gasteiger partial charge on any atom is -0.346 e. The van der Waals surface area contributed by atoms with Gasteiger partial charge in [0.05, 0.1) is 6.54 Å². The second-order valence-electron chi connectivity index (χ2n) is 4.80. The van der Waals surface area contributed by atoms with Crippen molar-refractivity contribution < 1.29 is 9.59 Å². The predicted octanol–water partition coefficient (Wildman–Crippen LogP) is -1.04. The van der Waals surface area contributed by atoms with Crippen LogP contribution in [0.3, 0.4) is 0 Å². The Labute approximate surface area is 109 Å². The van der Waals surface area contributed by atoms with E-state index < -0.39 is 0 Å². The van der Waals surface area contributed by atoms with Crippen molar-refractivity contribution in [3.63, 3.8) is 0 Å². The van der Waals surface area contributed by atoms with Crippen molar-refractivity contribution in [2.75, 3.05) is 53.4 Å². The first-order chi connectivity index (χ1) is 8.54. The van der Waals surface area contributed by atoms with Crippen LogP contribution in [0.25, 0.3) is 0 Å². The summed E-state index contributed by atoms with van der Waals surface area (Å²) in [6, 6.07) is 0. The largest absolute Gasteiger partial charge is 0.346 e. The lowest BCUT2D eigenvalue weighted by Gasteiger charge is -2.32. The van der Waals surface area contributed by atoms with E-state index in [0.717, 1.165) is 19.5 Å². The Balaban J connectivity index is 2.24. The van der Waals surface area contributed by atoms with E-state index in [-0.39, 0.29) is 11.8 Å². The third-order valence-corrected chi connectivity index (χ3v) is 3.30. The van der Waals surface area contributed by atoms with Crippen molar-refractivity contribution in [3.8, 4) is 0 Å². The molecule has 1 aliphatic rings. The number of piperazine rings is 1. The fourth-order valence-electron chi connectivity index (χ4n) is 1.90. The van der Waals surface area contributed by atoms with Crippen molar-refractivity contribution in [3.05, 3.63) is 0 Å². The van der Waals surface area contributed by atoms with Crippen LogP contribution in [-0.4, -0.2) is 79.9 Å². The molecule has 0 saturated carbocycles. The Morgan fingerprint density at radius 1 is 1.44 bits per heavy atom. The van der Waals surface area contributed by atoms with E-state index in [1.165, 1.54) is 0 Å². The first-order valence-corrected chi connectivity index (χ1v) is 6.45. The van der Waals surface area contributed by atoms with Crippen LogP contribution in [0.1, 0.15) is 12.8 Å². The molecule has 1 heterocycles. The van der Waals surface area contributed by atoms with Crippen molar-refractivity contribution in [1.29, 1.82) is 0 Å². The SMILES string of the molecule is CN(CCCN)C(=O)CCN1CCN(C)C(=O)C1. The van der Waals surface area contributed by atoms with Crippen LogP contribution < -0.4 is 5.73 Å². The van der Waals surface area contributed by atoms with Crippen molar-refractivity contribution in [2.24, 2.45) is 5.73 Å². The maximum atomic E-state index is 11.8. The molecule has 0 spiro atoms. The minimum absolute atomic E-state index is 0.120. The Bertz CT molecular complexity index is 296. The fraction of sp³-hybridized carbons (Fsp3) is 0.833. The molecule has 6 heteroatoms. The van der Waals surface area contributed by atoms with E-state index in [9.17, 15) is 9.59 Å². The summed E-state index contributed by atoms with van der Waals surface area (Å²) in [5.41, 5.74) is 5.41. The van der Waals surface area contributed by atoms with Crippen molar-refractivity contribution >= 4 is 11.8 Å². The molecular formula is C12H24N4O2. The molecule has 2 N–H and O–H groups in total. The third kappa shape index (κ3) is 4.62. The Hall–Kier alpha value is -1.14. The van der Waals surface area contributed by atoms with E-state index in [2.05, 4.69) is 0 Å². The van der Waals surface area contributed by atoms with E-state index in [0.29, 0.717) is 32.6 Å². The van der Waals surface area contributed by atoms with Gasteiger partial charge in [-0.3, -0.25) is 14.5 Å². The number of carbonyl (C=O) groups excluding carboxylic acids is 2. The van der Waals surface area contributed by atoms with Gasteiger partial charge in [-0.25, -0.2) is 0 Å². The summed E-state index contributed by atoms with van der Waals surface area (Å²) in [5.74, 6) is 0.250. The molecule has 6 nitrogen and oxygen atoms in total. The molecule has 0 atom stereocenters. The van der Waals surface area contributed by atoms with Crippen LogP contribution in [0.2, 0.25) is 0 Å². The maximum absolute atomic E-state index is 11.8. The average Bonchev–Trinajstić information content (AvgIpc) is 2.36. The second-order valence-corrected chi connectivity index (χ2v) is 4.80. The highest BCUT2D eigenvalue weighted by Gasteiger charge is 2.21. The summed E-state index contributed by atoms with van der Waals surface area (Å²) < 4.78 is 0. The van der Waals surface area contributed by atoms with Gasteiger partial charge in [-0.2, -0.15) is 0 Å². The number of carbonyl (C=O) groups is 2. The smallest absolute Gasteiger partial charge is 0.236 e. The van der Waals surface area contributed by atoms with Gasteiger partial charge in [0.15, 0.2) is 0 Å². The van der Waals surface area contributed by atoms with Crippen LogP contribution in [-0.2, 0) is 9.59 Å². The predicted molar refractivity (Wildman–Crippen MR) is 70.0 cm³/mol. The van der Waals surface area contributed by atoms with Gasteiger partial charge in [-0.15, -0.1) is 0 Å². The average molecular weight is 256 g/mol. The molecule has 18 heavy (non-hydrogen) atoms. The van der Waals surface area contributed by atoms with Crippen LogP contribution in [0, 0.1) is 0 Å². The molecule has 1 fully saturated rings. The van der Waals surface area contributed by atoms with Crippen molar-refractivity contribution in [1.82, 2.24) is 14.7 Å². The molecule has 2 amide bonds. The molecule has 0 aromatic carbocycles. The Morgan fingerprint density at radius 3 is 2.78 bits per heavy atom. The van der Waals surface area contributed by atoms with Crippen LogP contribution in [0.4, 0.5) is 0 Å². The Morgan fingerprint density at radius 2 is 2.17 bits per heavy atom. The molecule has 1 saturated heterocycles. The molecule has 0 aromatic heterocycles. The highest BCUT2D eigenvalue weighted by molar-refractivity contribution is 5.79. The van der Waals surface area contributed by atoms with Gasteiger partial charge in [-0.1, -0.05) is 0 Å². The topological polar surface area (TPSA) is 69.9 Å². The Kier molecular flexibility index (Phi) is 6.07. The zero-order valence-electron chi connectivity index (χ0n) is 11.4. The number of likely N-dealkylation sites (N-methyl/N-ethyl adjacent to an activating group) is 1. The molecule has 104 valence electrons. The summed E-state index contributed by atoms with van der Waals surface area (Å²) >= 11 is 0. The highest BCUT2D eigenvalue weighted by atomic mass is 16.2. The molecule has 1 aliphatic heterocycles. The standard InChI is InChI=1S/C12H24N4O2/c1-14(6-3-5-13)11(17)4-7-16-9-8-15(2)12(18)10-16/h3-10,13H2,1-2H3. The zero-order chi connectivity index (χ0) is 13.5. The van der Waals surface area contributed by atoms with Gasteiger partial charge in [0.2, 0.25) is 11.8 Å². The third-order valence-electron chi connectivity index (χ3n) is 3.30. The van der Waals surface area contributed by atoms with Crippen molar-refractivity contribution in [2.45, 2.75) is 12.8 Å². The van der Waals surface area contributed by atoms with Gasteiger partial charge in [0.25, 0.3) is 0 Å². The second kappa shape index (κ2) is 7.33. The molecule has 0 aromatic rings. The number of amides is 2. The number of hydrogen-bond donors (Lipinski definition) is 1. The van der Waals surface area contributed by atoms with Gasteiger partial charge in [-0.05, 0) is 13.0 Å². The molecular weight excluding hydrogens is 232 g/mol. The lowest BCUT2D eigenvalue weighted by Crippen LogP contribution is -2.49. The van der Waals surface area contributed by atoms with E-state index in [1.54, 1.807) is 16.8 Å². The summed E-state index contributed by atoms with van der Waals surface area (Å²) in [6.07, 6.45) is 1.30. The number of rotatable bonds is 6. The van der Waals surface area contributed by atoms with Crippen LogP contribution in [0.5, 0.6) is 0 Å². The van der Waals surface area contributed by atoms with Crippen LogP contribution >= 0.6 is 0 Å². The van der Waals surface area contributed by atoms with Gasteiger partial charge >= 0.3 is 0 Å². The lowest BCUT2D eigenvalue weighted by molar-refractivity contribution is -0.136. The minimum atomic E-state index is 0.120. The van der Waals surface area contributed by atoms with Gasteiger partial charge in [0.1, 0.15) is 0 Å². The number of hydrogen-bond acceptors (Lipinski definition) is 4. The molecule has 1 rings (SSSR count). The highest BCUT2D eigenvalue weighted by Crippen LogP contribution is 2.03. The van der Waals surface area contributed by atoms with E-state index in [4.69, 9.17) is 5.73 Å². The molecule has 0 bridgehead atoms. The van der Waals surface area contributed by atoms with E-state index in [1.807, 2.05) is 11.9 Å². The normalized spacial score (nSPS) is 17.1. The monoisotopic (exact) mass is 256 g/mol. The number of nitrogens with two attached hydrogens (primary N) is 1. The number of nitrogens with zero attached hydrogens (tertiary/aromatic N) is 3. The summed E-state index contributed by atoms with van der Waals surface area (Å²) in [4.78, 5) is 28.8. The quantitative estimate of drug-likeness (QED) is 0.659. The maximum Gasteiger partial charge on any atom is 0.236 e. The fourth-order valence-corrected chi connectivity index (χ4v) is 1.90. The first-order valence-electron chi connectivity index (χ1n) is 6.45. The molecule has 0 unspecified atom stereocenters. The zero-order valence-corrected chi connectivity index (χ0v) is 11.4. The van der Waals surface area contributed by atoms with Gasteiger partial charge < -0.3 is 15.5 Å². The molecule has 0 aliphatic carbocycles. The first kappa shape index (κ1) is 14.9. The molecule has 0 radical (unpaired) electrons. The van der Waals surface area contributed by atoms with Gasteiger partial charge in [0, 0.05) is 46.7 Å². The van der Waals surface area contributed by atoms with E-state index >= 15 is 0 Å². The summed E-state index contributed by atoms with van der Waals surface area (Å²) in [6.45, 7) is 3.99.